The van der Waals surface area contributed by atoms with E-state index in [0.29, 0.717) is 5.57 Å². The molecule has 0 spiro atoms. The van der Waals surface area contributed by atoms with Crippen LogP contribution >= 0.6 is 0 Å². The van der Waals surface area contributed by atoms with E-state index in [1.165, 1.54) is 0 Å². The van der Waals surface area contributed by atoms with Crippen molar-refractivity contribution in [1.29, 1.82) is 5.26 Å². The number of nitrogens with two attached hydrogens (primary N) is 1. The predicted octanol–water partition coefficient (Wildman–Crippen LogP) is 3.05. The van der Waals surface area contributed by atoms with E-state index in [-0.39, 0.29) is 11.8 Å². The van der Waals surface area contributed by atoms with Crippen LogP contribution in [-0.4, -0.2) is 19.2 Å². The molecule has 4 rings (SSSR count). The van der Waals surface area contributed by atoms with E-state index in [0.717, 1.165) is 33.8 Å². The number of aryl methyl sites for hydroxylation is 1. The molecule has 0 bridgehead atoms. The van der Waals surface area contributed by atoms with Gasteiger partial charge in [0.05, 0.1) is 12.7 Å². The van der Waals surface area contributed by atoms with Crippen LogP contribution < -0.4 is 15.2 Å². The van der Waals surface area contributed by atoms with Crippen LogP contribution in [0.15, 0.2) is 58.6 Å². The van der Waals surface area contributed by atoms with Crippen molar-refractivity contribution in [2.75, 3.05) is 7.11 Å². The van der Waals surface area contributed by atoms with E-state index >= 15 is 0 Å². The first-order valence-corrected chi connectivity index (χ1v) is 8.01. The maximum absolute atomic E-state index is 9.58. The number of amidine groups is 1. The first-order valence-electron chi connectivity index (χ1n) is 8.01. The van der Waals surface area contributed by atoms with Crippen molar-refractivity contribution in [2.45, 2.75) is 19.1 Å². The third kappa shape index (κ3) is 2.34. The summed E-state index contributed by atoms with van der Waals surface area (Å²) >= 11 is 0. The smallest absolute Gasteiger partial charge is 0.216 e. The number of rotatable bonds is 2. The van der Waals surface area contributed by atoms with Crippen LogP contribution in [0, 0.1) is 18.3 Å². The van der Waals surface area contributed by atoms with Gasteiger partial charge in [-0.1, -0.05) is 24.3 Å². The Balaban J connectivity index is 1.97. The maximum atomic E-state index is 9.58. The van der Waals surface area contributed by atoms with E-state index in [1.54, 1.807) is 7.11 Å². The summed E-state index contributed by atoms with van der Waals surface area (Å²) in [6, 6.07) is 16.1. The number of ether oxygens (including phenoxy) is 2. The molecule has 2 heterocycles. The van der Waals surface area contributed by atoms with Crippen LogP contribution in [0.2, 0.25) is 0 Å². The molecule has 2 aliphatic heterocycles. The van der Waals surface area contributed by atoms with E-state index in [2.05, 4.69) is 11.1 Å². The Hall–Kier alpha value is -3.26. The number of methoxy groups -OCH3 is 1. The Labute approximate surface area is 146 Å². The SMILES string of the molecule is COc1cccc(C2C3=C(C#N)C(N)=NC3Oc3cc(C)ccc32)c1. The van der Waals surface area contributed by atoms with Crippen molar-refractivity contribution in [3.63, 3.8) is 0 Å². The molecular formula is C20H17N3O2. The van der Waals surface area contributed by atoms with Crippen molar-refractivity contribution in [3.8, 4) is 17.6 Å². The quantitative estimate of drug-likeness (QED) is 0.917. The Kier molecular flexibility index (Phi) is 3.47. The summed E-state index contributed by atoms with van der Waals surface area (Å²) in [6.07, 6.45) is -0.555. The third-order valence-electron chi connectivity index (χ3n) is 4.64. The fourth-order valence-electron chi connectivity index (χ4n) is 3.48. The highest BCUT2D eigenvalue weighted by molar-refractivity contribution is 6.04. The van der Waals surface area contributed by atoms with Crippen molar-refractivity contribution >= 4 is 5.84 Å². The predicted molar refractivity (Wildman–Crippen MR) is 94.7 cm³/mol. The van der Waals surface area contributed by atoms with E-state index < -0.39 is 6.23 Å². The Bertz CT molecular complexity index is 969. The zero-order chi connectivity index (χ0) is 17.6. The lowest BCUT2D eigenvalue weighted by Crippen LogP contribution is -2.26. The van der Waals surface area contributed by atoms with Crippen LogP contribution in [-0.2, 0) is 0 Å². The summed E-state index contributed by atoms with van der Waals surface area (Å²) in [6.45, 7) is 2.02. The minimum Gasteiger partial charge on any atom is -0.497 e. The van der Waals surface area contributed by atoms with E-state index in [1.807, 2.05) is 49.4 Å². The third-order valence-corrected chi connectivity index (χ3v) is 4.64. The highest BCUT2D eigenvalue weighted by atomic mass is 16.5. The molecule has 2 unspecified atom stereocenters. The largest absolute Gasteiger partial charge is 0.497 e. The Morgan fingerprint density at radius 3 is 2.84 bits per heavy atom. The number of aliphatic imine (C=N–C) groups is 1. The highest BCUT2D eigenvalue weighted by Gasteiger charge is 2.40. The van der Waals surface area contributed by atoms with Gasteiger partial charge in [0.2, 0.25) is 6.23 Å². The molecule has 25 heavy (non-hydrogen) atoms. The minimum absolute atomic E-state index is 0.149. The van der Waals surface area contributed by atoms with Gasteiger partial charge < -0.3 is 15.2 Å². The van der Waals surface area contributed by atoms with Gasteiger partial charge in [-0.3, -0.25) is 0 Å². The molecule has 2 aromatic rings. The first kappa shape index (κ1) is 15.3. The minimum atomic E-state index is -0.555. The second kappa shape index (κ2) is 5.67. The fourth-order valence-corrected chi connectivity index (χ4v) is 3.48. The second-order valence-electron chi connectivity index (χ2n) is 6.18. The zero-order valence-electron chi connectivity index (χ0n) is 14.0. The number of fused-ring (bicyclic) bond motifs is 2. The van der Waals surface area contributed by atoms with Crippen LogP contribution in [0.5, 0.6) is 11.5 Å². The van der Waals surface area contributed by atoms with Gasteiger partial charge in [-0.25, -0.2) is 4.99 Å². The molecule has 0 radical (unpaired) electrons. The number of benzene rings is 2. The summed E-state index contributed by atoms with van der Waals surface area (Å²) in [4.78, 5) is 4.35. The van der Waals surface area contributed by atoms with Crippen LogP contribution in [0.3, 0.4) is 0 Å². The summed E-state index contributed by atoms with van der Waals surface area (Å²) in [5.74, 6) is 1.63. The van der Waals surface area contributed by atoms with Gasteiger partial charge in [0.15, 0.2) is 0 Å². The van der Waals surface area contributed by atoms with E-state index in [4.69, 9.17) is 15.2 Å². The molecule has 5 heteroatoms. The fraction of sp³-hybridized carbons (Fsp3) is 0.200. The molecule has 0 amide bonds. The lowest BCUT2D eigenvalue weighted by atomic mass is 9.80. The molecule has 0 aromatic heterocycles. The lowest BCUT2D eigenvalue weighted by Gasteiger charge is -2.32. The molecule has 2 aromatic carbocycles. The van der Waals surface area contributed by atoms with Crippen molar-refractivity contribution in [3.05, 3.63) is 70.3 Å². The molecule has 2 aliphatic rings. The van der Waals surface area contributed by atoms with Gasteiger partial charge in [-0.2, -0.15) is 5.26 Å². The van der Waals surface area contributed by atoms with Crippen LogP contribution in [0.25, 0.3) is 0 Å². The number of hydrogen-bond acceptors (Lipinski definition) is 5. The van der Waals surface area contributed by atoms with Gasteiger partial charge >= 0.3 is 0 Å². The van der Waals surface area contributed by atoms with Gasteiger partial charge in [0.1, 0.15) is 23.4 Å². The van der Waals surface area contributed by atoms with Gasteiger partial charge in [0, 0.05) is 17.1 Å². The Morgan fingerprint density at radius 2 is 2.08 bits per heavy atom. The average Bonchev–Trinajstić information content (AvgIpc) is 2.93. The summed E-state index contributed by atoms with van der Waals surface area (Å²) in [5, 5.41) is 9.58. The monoisotopic (exact) mass is 331 g/mol. The van der Waals surface area contributed by atoms with Crippen molar-refractivity contribution < 1.29 is 9.47 Å². The Morgan fingerprint density at radius 1 is 1.24 bits per heavy atom. The molecule has 0 fully saturated rings. The van der Waals surface area contributed by atoms with E-state index in [9.17, 15) is 5.26 Å². The normalized spacial score (nSPS) is 20.9. The standard InChI is InChI=1S/C20H17N3O2/c1-11-6-7-14-16(8-11)25-20-18(15(10-21)19(22)23-20)17(14)12-4-3-5-13(9-12)24-2/h3-9,17,20H,1-2H3,(H2,22,23). The van der Waals surface area contributed by atoms with Crippen LogP contribution in [0.1, 0.15) is 22.6 Å². The van der Waals surface area contributed by atoms with Gasteiger partial charge in [0.25, 0.3) is 0 Å². The molecule has 2 atom stereocenters. The molecule has 0 aliphatic carbocycles. The second-order valence-corrected chi connectivity index (χ2v) is 6.18. The summed E-state index contributed by atoms with van der Waals surface area (Å²) in [7, 11) is 1.64. The van der Waals surface area contributed by atoms with Gasteiger partial charge in [-0.15, -0.1) is 0 Å². The molecule has 0 saturated heterocycles. The number of nitriles is 1. The summed E-state index contributed by atoms with van der Waals surface area (Å²) in [5.41, 5.74) is 10.3. The average molecular weight is 331 g/mol. The highest BCUT2D eigenvalue weighted by Crippen LogP contribution is 2.47. The molecule has 2 N–H and O–H groups in total. The van der Waals surface area contributed by atoms with Gasteiger partial charge in [-0.05, 0) is 36.2 Å². The number of hydrogen-bond donors (Lipinski definition) is 1. The van der Waals surface area contributed by atoms with Crippen LogP contribution in [0.4, 0.5) is 0 Å². The van der Waals surface area contributed by atoms with Crippen molar-refractivity contribution in [2.24, 2.45) is 10.7 Å². The molecule has 0 saturated carbocycles. The molecule has 124 valence electrons. The maximum Gasteiger partial charge on any atom is 0.216 e. The zero-order valence-corrected chi connectivity index (χ0v) is 14.0. The number of nitrogens with zero attached hydrogens (tertiary/aromatic N) is 2. The topological polar surface area (TPSA) is 80.6 Å². The molecular weight excluding hydrogens is 314 g/mol. The molecule has 5 nitrogen and oxygen atoms in total. The first-order chi connectivity index (χ1) is 12.1. The summed E-state index contributed by atoms with van der Waals surface area (Å²) < 4.78 is 11.4. The lowest BCUT2D eigenvalue weighted by molar-refractivity contribution is 0.227. The van der Waals surface area contributed by atoms with Crippen molar-refractivity contribution in [1.82, 2.24) is 0 Å².